The van der Waals surface area contributed by atoms with Gasteiger partial charge in [-0.3, -0.25) is 4.79 Å². The van der Waals surface area contributed by atoms with Crippen molar-refractivity contribution in [3.05, 3.63) is 48.9 Å². The summed E-state index contributed by atoms with van der Waals surface area (Å²) in [6.07, 6.45) is -0.442. The van der Waals surface area contributed by atoms with Crippen molar-refractivity contribution < 1.29 is 38.1 Å². The van der Waals surface area contributed by atoms with Crippen LogP contribution in [0.5, 0.6) is 0 Å². The Morgan fingerprint density at radius 2 is 1.35 bits per heavy atom. The summed E-state index contributed by atoms with van der Waals surface area (Å²) in [4.78, 5) is 48.7. The number of esters is 2. The fourth-order valence-corrected chi connectivity index (χ4v) is 5.54. The van der Waals surface area contributed by atoms with Gasteiger partial charge in [0.1, 0.15) is 32.2 Å². The third kappa shape index (κ3) is 14.5. The van der Waals surface area contributed by atoms with Crippen LogP contribution in [0.1, 0.15) is 27.2 Å². The lowest BCUT2D eigenvalue weighted by Crippen LogP contribution is -2.42. The van der Waals surface area contributed by atoms with Crippen LogP contribution in [0.15, 0.2) is 48.9 Å². The highest BCUT2D eigenvalue weighted by atomic mass is 32.2. The number of thioether (sulfide) groups is 2. The summed E-state index contributed by atoms with van der Waals surface area (Å²) in [6, 6.07) is 0. The normalized spacial score (nSPS) is 15.3. The lowest BCUT2D eigenvalue weighted by Gasteiger charge is -2.30. The third-order valence-electron chi connectivity index (χ3n) is 5.51. The summed E-state index contributed by atoms with van der Waals surface area (Å²) in [5.74, 6) is 2.61. The molecule has 1 rings (SSSR count). The molecule has 1 aliphatic heterocycles. The van der Waals surface area contributed by atoms with Crippen molar-refractivity contribution >= 4 is 47.3 Å². The lowest BCUT2D eigenvalue weighted by atomic mass is 9.83. The second-order valence-corrected chi connectivity index (χ2v) is 11.9. The minimum Gasteiger partial charge on any atom is -0.478 e. The van der Waals surface area contributed by atoms with Gasteiger partial charge in [0.2, 0.25) is 0 Å². The maximum absolute atomic E-state index is 13.5. The Morgan fingerprint density at radius 1 is 0.850 bits per heavy atom. The second kappa shape index (κ2) is 18.5. The first kappa shape index (κ1) is 35.2. The minimum absolute atomic E-state index is 0.0392. The molecule has 40 heavy (non-hydrogen) atoms. The molecule has 1 heterocycles. The Morgan fingerprint density at radius 3 is 1.88 bits per heavy atom. The topological polar surface area (TPSA) is 129 Å². The minimum atomic E-state index is -1.15. The monoisotopic (exact) mass is 598 g/mol. The van der Waals surface area contributed by atoms with E-state index in [0.29, 0.717) is 12.0 Å². The van der Waals surface area contributed by atoms with Crippen LogP contribution in [0, 0.1) is 11.3 Å². The zero-order chi connectivity index (χ0) is 30.1. The van der Waals surface area contributed by atoms with Gasteiger partial charge < -0.3 is 29.6 Å². The Balaban J connectivity index is 2.69. The van der Waals surface area contributed by atoms with Crippen molar-refractivity contribution in [2.75, 3.05) is 62.5 Å². The highest BCUT2D eigenvalue weighted by molar-refractivity contribution is 8.01. The van der Waals surface area contributed by atoms with Crippen LogP contribution in [0.2, 0.25) is 0 Å². The molecule has 1 amide bonds. The summed E-state index contributed by atoms with van der Waals surface area (Å²) >= 11 is 3.53. The molecule has 1 unspecified atom stereocenters. The van der Waals surface area contributed by atoms with E-state index >= 15 is 0 Å². The molecule has 224 valence electrons. The zero-order valence-electron chi connectivity index (χ0n) is 23.8. The van der Waals surface area contributed by atoms with E-state index in [2.05, 4.69) is 36.9 Å². The SMILES string of the molecule is C=C1CSCC(CC(=O)C(C)(COC(=C)NCCOC(=O)C(=C)C)COC(=O)NCCOC(=O)C(=C)C)CSC1. The maximum Gasteiger partial charge on any atom is 0.407 e. The molecule has 1 atom stereocenters. The van der Waals surface area contributed by atoms with Gasteiger partial charge in [0, 0.05) is 29.1 Å². The van der Waals surface area contributed by atoms with E-state index in [1.807, 2.05) is 0 Å². The van der Waals surface area contributed by atoms with E-state index in [0.717, 1.165) is 23.0 Å². The van der Waals surface area contributed by atoms with Crippen LogP contribution < -0.4 is 10.6 Å². The number of carbonyl (C=O) groups excluding carboxylic acids is 4. The van der Waals surface area contributed by atoms with Crippen LogP contribution in [0.25, 0.3) is 0 Å². The average molecular weight is 599 g/mol. The summed E-state index contributed by atoms with van der Waals surface area (Å²) in [5, 5.41) is 5.38. The molecule has 12 heteroatoms. The molecule has 1 aliphatic rings. The first-order valence-corrected chi connectivity index (χ1v) is 15.1. The molecular weight excluding hydrogens is 556 g/mol. The number of hydrogen-bond donors (Lipinski definition) is 2. The fourth-order valence-electron chi connectivity index (χ4n) is 3.11. The molecule has 0 aromatic carbocycles. The summed E-state index contributed by atoms with van der Waals surface area (Å²) < 4.78 is 21.0. The molecule has 0 bridgehead atoms. The number of hydrogen-bond acceptors (Lipinski definition) is 11. The molecule has 1 saturated heterocycles. The number of carbonyl (C=O) groups is 4. The Kier molecular flexibility index (Phi) is 16.2. The molecule has 0 saturated carbocycles. The van der Waals surface area contributed by atoms with Gasteiger partial charge in [0.05, 0.1) is 18.5 Å². The van der Waals surface area contributed by atoms with E-state index in [1.165, 1.54) is 12.5 Å². The van der Waals surface area contributed by atoms with Gasteiger partial charge in [-0.2, -0.15) is 23.5 Å². The van der Waals surface area contributed by atoms with Crippen molar-refractivity contribution in [3.63, 3.8) is 0 Å². The molecule has 0 aromatic heterocycles. The molecule has 10 nitrogen and oxygen atoms in total. The first-order valence-electron chi connectivity index (χ1n) is 12.8. The molecule has 0 aliphatic carbocycles. The van der Waals surface area contributed by atoms with Crippen molar-refractivity contribution in [3.8, 4) is 0 Å². The molecule has 0 aromatic rings. The van der Waals surface area contributed by atoms with Crippen molar-refractivity contribution in [2.45, 2.75) is 27.2 Å². The number of rotatable bonds is 17. The number of ether oxygens (including phenoxy) is 4. The van der Waals surface area contributed by atoms with Gasteiger partial charge in [0.25, 0.3) is 0 Å². The smallest absolute Gasteiger partial charge is 0.407 e. The van der Waals surface area contributed by atoms with E-state index in [-0.39, 0.29) is 62.7 Å². The number of Topliss-reactive ketones (excluding diaryl/α,β-unsaturated/α-hetero) is 1. The van der Waals surface area contributed by atoms with Gasteiger partial charge >= 0.3 is 18.0 Å². The van der Waals surface area contributed by atoms with Crippen LogP contribution in [-0.4, -0.2) is 86.3 Å². The third-order valence-corrected chi connectivity index (χ3v) is 8.15. The quantitative estimate of drug-likeness (QED) is 0.0636. The van der Waals surface area contributed by atoms with Gasteiger partial charge in [-0.1, -0.05) is 25.3 Å². The van der Waals surface area contributed by atoms with Crippen LogP contribution in [0.3, 0.4) is 0 Å². The van der Waals surface area contributed by atoms with Gasteiger partial charge in [0.15, 0.2) is 5.88 Å². The standard InChI is InChI=1S/C28H42N2O8S2/c1-19(2)25(32)35-10-8-29-22(6)37-17-28(7,18-38-27(34)30-9-11-36-26(33)20(3)4)24(31)12-23-15-39-13-21(5)14-40-16-23/h23,29H,1,3,5-6,8-18H2,2,4,7H3,(H,30,34). The fraction of sp³-hybridized carbons (Fsp3) is 0.571. The van der Waals surface area contributed by atoms with Crippen molar-refractivity contribution in [1.29, 1.82) is 0 Å². The van der Waals surface area contributed by atoms with Crippen molar-refractivity contribution in [2.24, 2.45) is 11.3 Å². The molecule has 2 N–H and O–H groups in total. The van der Waals surface area contributed by atoms with E-state index < -0.39 is 23.4 Å². The van der Waals surface area contributed by atoms with E-state index in [1.54, 1.807) is 37.4 Å². The molecule has 0 spiro atoms. The largest absolute Gasteiger partial charge is 0.478 e. The maximum atomic E-state index is 13.5. The predicted octanol–water partition coefficient (Wildman–Crippen LogP) is 3.65. The molecule has 0 radical (unpaired) electrons. The number of ketones is 1. The van der Waals surface area contributed by atoms with Crippen LogP contribution >= 0.6 is 23.5 Å². The Hall–Kier alpha value is -2.86. The number of alkyl carbamates (subject to hydrolysis) is 1. The van der Waals surface area contributed by atoms with E-state index in [4.69, 9.17) is 18.9 Å². The average Bonchev–Trinajstić information content (AvgIpc) is 2.89. The van der Waals surface area contributed by atoms with Gasteiger partial charge in [-0.15, -0.1) is 0 Å². The number of amides is 1. The van der Waals surface area contributed by atoms with Gasteiger partial charge in [-0.25, -0.2) is 14.4 Å². The van der Waals surface area contributed by atoms with E-state index in [9.17, 15) is 19.2 Å². The first-order chi connectivity index (χ1) is 18.8. The lowest BCUT2D eigenvalue weighted by molar-refractivity contribution is -0.139. The second-order valence-electron chi connectivity index (χ2n) is 9.81. The predicted molar refractivity (Wildman–Crippen MR) is 159 cm³/mol. The molecule has 1 fully saturated rings. The van der Waals surface area contributed by atoms with Gasteiger partial charge in [-0.05, 0) is 44.8 Å². The number of nitrogens with one attached hydrogen (secondary N) is 2. The highest BCUT2D eigenvalue weighted by Crippen LogP contribution is 2.29. The van der Waals surface area contributed by atoms with Crippen LogP contribution in [0.4, 0.5) is 4.79 Å². The van der Waals surface area contributed by atoms with Crippen LogP contribution in [-0.2, 0) is 33.3 Å². The highest BCUT2D eigenvalue weighted by Gasteiger charge is 2.37. The summed E-state index contributed by atoms with van der Waals surface area (Å²) in [5.41, 5.74) is 0.591. The summed E-state index contributed by atoms with van der Waals surface area (Å²) in [6.45, 7) is 19.7. The molecular formula is C28H42N2O8S2. The Bertz CT molecular complexity index is 904. The zero-order valence-corrected chi connectivity index (χ0v) is 25.4. The van der Waals surface area contributed by atoms with Crippen molar-refractivity contribution in [1.82, 2.24) is 10.6 Å². The Labute approximate surface area is 245 Å². The summed E-state index contributed by atoms with van der Waals surface area (Å²) in [7, 11) is 0.